The third kappa shape index (κ3) is 2.19. The summed E-state index contributed by atoms with van der Waals surface area (Å²) in [5, 5.41) is 11.6. The van der Waals surface area contributed by atoms with Gasteiger partial charge in [0.15, 0.2) is 0 Å². The zero-order chi connectivity index (χ0) is 13.9. The van der Waals surface area contributed by atoms with E-state index in [-0.39, 0.29) is 0 Å². The number of aromatic amines is 1. The predicted molar refractivity (Wildman–Crippen MR) is 79.8 cm³/mol. The zero-order valence-corrected chi connectivity index (χ0v) is 10.6. The molecule has 0 aliphatic rings. The first-order chi connectivity index (χ1) is 9.75. The Bertz CT molecular complexity index is 789. The van der Waals surface area contributed by atoms with Crippen molar-refractivity contribution in [1.29, 1.82) is 0 Å². The number of nitro groups is 1. The van der Waals surface area contributed by atoms with Crippen LogP contribution in [0.4, 0.5) is 0 Å². The van der Waals surface area contributed by atoms with Gasteiger partial charge in [-0.15, -0.1) is 0 Å². The van der Waals surface area contributed by atoms with E-state index in [9.17, 15) is 10.1 Å². The van der Waals surface area contributed by atoms with Crippen LogP contribution in [-0.4, -0.2) is 9.91 Å². The smallest absolute Gasteiger partial charge is 0.235 e. The van der Waals surface area contributed by atoms with E-state index in [1.54, 1.807) is 6.08 Å². The van der Waals surface area contributed by atoms with Gasteiger partial charge in [-0.1, -0.05) is 48.5 Å². The Balaban J connectivity index is 2.25. The standard InChI is InChI=1S/C16H12N2O2/c19-18(20)11-10-14-13-8-4-5-9-15(13)17-16(14)12-6-2-1-3-7-12/h1-11,17H/b11-10+. The lowest BCUT2D eigenvalue weighted by Crippen LogP contribution is -1.84. The number of nitrogens with one attached hydrogen (secondary N) is 1. The molecule has 0 bridgehead atoms. The van der Waals surface area contributed by atoms with E-state index >= 15 is 0 Å². The SMILES string of the molecule is O=[N+]([O-])/C=C/c1c(-c2ccccc2)[nH]c2ccccc12. The van der Waals surface area contributed by atoms with Gasteiger partial charge in [0.2, 0.25) is 6.20 Å². The molecule has 1 heterocycles. The number of aromatic nitrogens is 1. The highest BCUT2D eigenvalue weighted by Crippen LogP contribution is 2.31. The van der Waals surface area contributed by atoms with Crippen molar-refractivity contribution in [3.05, 3.63) is 76.5 Å². The minimum atomic E-state index is -0.448. The second-order valence-electron chi connectivity index (χ2n) is 4.43. The molecule has 0 fully saturated rings. The maximum atomic E-state index is 10.6. The Morgan fingerprint density at radius 1 is 1.00 bits per heavy atom. The van der Waals surface area contributed by atoms with E-state index in [0.717, 1.165) is 33.9 Å². The summed E-state index contributed by atoms with van der Waals surface area (Å²) in [7, 11) is 0. The molecule has 0 saturated heterocycles. The molecule has 0 saturated carbocycles. The van der Waals surface area contributed by atoms with E-state index in [2.05, 4.69) is 4.98 Å². The van der Waals surface area contributed by atoms with Crippen LogP contribution in [0.15, 0.2) is 60.8 Å². The van der Waals surface area contributed by atoms with Gasteiger partial charge in [0.05, 0.1) is 10.6 Å². The molecule has 0 aliphatic heterocycles. The van der Waals surface area contributed by atoms with Gasteiger partial charge < -0.3 is 4.98 Å². The van der Waals surface area contributed by atoms with Crippen LogP contribution in [0.25, 0.3) is 28.2 Å². The maximum absolute atomic E-state index is 10.6. The monoisotopic (exact) mass is 264 g/mol. The number of rotatable bonds is 3. The Hall–Kier alpha value is -2.88. The molecule has 0 spiro atoms. The van der Waals surface area contributed by atoms with Crippen molar-refractivity contribution in [3.8, 4) is 11.3 Å². The summed E-state index contributed by atoms with van der Waals surface area (Å²) in [6.07, 6.45) is 2.52. The van der Waals surface area contributed by atoms with Crippen LogP contribution < -0.4 is 0 Å². The van der Waals surface area contributed by atoms with E-state index in [1.165, 1.54) is 0 Å². The molecule has 3 rings (SSSR count). The molecule has 4 heteroatoms. The van der Waals surface area contributed by atoms with Crippen LogP contribution in [-0.2, 0) is 0 Å². The quantitative estimate of drug-likeness (QED) is 0.572. The minimum absolute atomic E-state index is 0.448. The Labute approximate surface area is 115 Å². The third-order valence-electron chi connectivity index (χ3n) is 3.17. The molecule has 0 aliphatic carbocycles. The van der Waals surface area contributed by atoms with Crippen LogP contribution in [0.2, 0.25) is 0 Å². The molecule has 0 radical (unpaired) electrons. The third-order valence-corrected chi connectivity index (χ3v) is 3.17. The minimum Gasteiger partial charge on any atom is -0.354 e. The summed E-state index contributed by atoms with van der Waals surface area (Å²) >= 11 is 0. The predicted octanol–water partition coefficient (Wildman–Crippen LogP) is 4.08. The van der Waals surface area contributed by atoms with Gasteiger partial charge in [0.25, 0.3) is 0 Å². The number of hydrogen-bond donors (Lipinski definition) is 1. The van der Waals surface area contributed by atoms with Crippen molar-refractivity contribution in [3.63, 3.8) is 0 Å². The first kappa shape index (κ1) is 12.2. The van der Waals surface area contributed by atoms with Crippen LogP contribution >= 0.6 is 0 Å². The van der Waals surface area contributed by atoms with E-state index in [1.807, 2.05) is 54.6 Å². The number of para-hydroxylation sites is 1. The summed E-state index contributed by atoms with van der Waals surface area (Å²) in [5.74, 6) is 0. The molecule has 1 aromatic heterocycles. The number of benzene rings is 2. The normalized spacial score (nSPS) is 11.2. The molecule has 1 N–H and O–H groups in total. The number of hydrogen-bond acceptors (Lipinski definition) is 2. The Morgan fingerprint density at radius 3 is 2.45 bits per heavy atom. The number of nitrogens with zero attached hydrogens (tertiary/aromatic N) is 1. The molecule has 3 aromatic rings. The Morgan fingerprint density at radius 2 is 1.70 bits per heavy atom. The highest BCUT2D eigenvalue weighted by Gasteiger charge is 2.11. The fourth-order valence-electron chi connectivity index (χ4n) is 2.30. The number of fused-ring (bicyclic) bond motifs is 1. The topological polar surface area (TPSA) is 58.9 Å². The van der Waals surface area contributed by atoms with E-state index < -0.39 is 4.92 Å². The van der Waals surface area contributed by atoms with E-state index in [0.29, 0.717) is 0 Å². The lowest BCUT2D eigenvalue weighted by Gasteiger charge is -1.99. The molecular formula is C16H12N2O2. The Kier molecular flexibility index (Phi) is 3.05. The first-order valence-electron chi connectivity index (χ1n) is 6.23. The second kappa shape index (κ2) is 5.01. The largest absolute Gasteiger partial charge is 0.354 e. The molecule has 0 unspecified atom stereocenters. The summed E-state index contributed by atoms with van der Waals surface area (Å²) in [6, 6.07) is 17.6. The van der Waals surface area contributed by atoms with Gasteiger partial charge in [-0.3, -0.25) is 10.1 Å². The van der Waals surface area contributed by atoms with Crippen molar-refractivity contribution >= 4 is 17.0 Å². The summed E-state index contributed by atoms with van der Waals surface area (Å²) in [5.41, 5.74) is 3.70. The van der Waals surface area contributed by atoms with E-state index in [4.69, 9.17) is 0 Å². The molecule has 98 valence electrons. The summed E-state index contributed by atoms with van der Waals surface area (Å²) < 4.78 is 0. The summed E-state index contributed by atoms with van der Waals surface area (Å²) in [4.78, 5) is 13.5. The molecule has 4 nitrogen and oxygen atoms in total. The fourth-order valence-corrected chi connectivity index (χ4v) is 2.30. The maximum Gasteiger partial charge on any atom is 0.235 e. The molecular weight excluding hydrogens is 252 g/mol. The average Bonchev–Trinajstić information content (AvgIpc) is 2.84. The van der Waals surface area contributed by atoms with Gasteiger partial charge in [-0.2, -0.15) is 0 Å². The average molecular weight is 264 g/mol. The van der Waals surface area contributed by atoms with Gasteiger partial charge >= 0.3 is 0 Å². The van der Waals surface area contributed by atoms with Crippen molar-refractivity contribution in [2.75, 3.05) is 0 Å². The fraction of sp³-hybridized carbons (Fsp3) is 0. The zero-order valence-electron chi connectivity index (χ0n) is 10.6. The lowest BCUT2D eigenvalue weighted by molar-refractivity contribution is -0.400. The second-order valence-corrected chi connectivity index (χ2v) is 4.43. The van der Waals surface area contributed by atoms with Crippen LogP contribution in [0.1, 0.15) is 5.56 Å². The molecule has 0 atom stereocenters. The molecule has 2 aromatic carbocycles. The van der Waals surface area contributed by atoms with Crippen LogP contribution in [0.3, 0.4) is 0 Å². The highest BCUT2D eigenvalue weighted by atomic mass is 16.6. The summed E-state index contributed by atoms with van der Waals surface area (Å²) in [6.45, 7) is 0. The van der Waals surface area contributed by atoms with Crippen molar-refractivity contribution in [2.24, 2.45) is 0 Å². The van der Waals surface area contributed by atoms with Gasteiger partial charge in [-0.05, 0) is 11.6 Å². The van der Waals surface area contributed by atoms with Gasteiger partial charge in [-0.25, -0.2) is 0 Å². The first-order valence-corrected chi connectivity index (χ1v) is 6.23. The van der Waals surface area contributed by atoms with Gasteiger partial charge in [0, 0.05) is 22.5 Å². The van der Waals surface area contributed by atoms with Crippen molar-refractivity contribution in [2.45, 2.75) is 0 Å². The van der Waals surface area contributed by atoms with Crippen molar-refractivity contribution in [1.82, 2.24) is 4.98 Å². The van der Waals surface area contributed by atoms with Crippen LogP contribution in [0.5, 0.6) is 0 Å². The lowest BCUT2D eigenvalue weighted by atomic mass is 10.1. The molecule has 20 heavy (non-hydrogen) atoms. The number of H-pyrrole nitrogens is 1. The van der Waals surface area contributed by atoms with Crippen LogP contribution in [0, 0.1) is 10.1 Å². The van der Waals surface area contributed by atoms with Gasteiger partial charge in [0.1, 0.15) is 0 Å². The highest BCUT2D eigenvalue weighted by molar-refractivity contribution is 5.96. The molecule has 0 amide bonds. The van der Waals surface area contributed by atoms with Crippen molar-refractivity contribution < 1.29 is 4.92 Å².